The highest BCUT2D eigenvalue weighted by Gasteiger charge is 2.67. The maximum atomic E-state index is 12.8. The van der Waals surface area contributed by atoms with Crippen LogP contribution >= 0.6 is 15.9 Å². The summed E-state index contributed by atoms with van der Waals surface area (Å²) in [5.41, 5.74) is 2.93. The fourth-order valence-electron chi connectivity index (χ4n) is 4.86. The summed E-state index contributed by atoms with van der Waals surface area (Å²) >= 11 is 3.32. The van der Waals surface area contributed by atoms with E-state index in [2.05, 4.69) is 33.5 Å². The molecule has 0 spiro atoms. The molecule has 1 aliphatic heterocycles. The molecule has 1 saturated heterocycles. The molecule has 2 bridgehead atoms. The van der Waals surface area contributed by atoms with Crippen LogP contribution in [0.1, 0.15) is 16.8 Å². The van der Waals surface area contributed by atoms with Crippen molar-refractivity contribution in [2.24, 2.45) is 35.5 Å². The van der Waals surface area contributed by atoms with E-state index < -0.39 is 5.91 Å². The van der Waals surface area contributed by atoms with Crippen LogP contribution < -0.4 is 5.43 Å². The van der Waals surface area contributed by atoms with Gasteiger partial charge in [0, 0.05) is 10.0 Å². The Bertz CT molecular complexity index is 784. The van der Waals surface area contributed by atoms with E-state index in [1.54, 1.807) is 18.2 Å². The first-order valence-electron chi connectivity index (χ1n) is 8.19. The highest BCUT2D eigenvalue weighted by molar-refractivity contribution is 9.10. The van der Waals surface area contributed by atoms with E-state index in [1.807, 2.05) is 6.07 Å². The number of carbonyl (C=O) groups is 3. The lowest BCUT2D eigenvalue weighted by Gasteiger charge is -2.37. The maximum Gasteiger partial charge on any atom is 0.270 e. The van der Waals surface area contributed by atoms with Gasteiger partial charge in [0.15, 0.2) is 0 Å². The van der Waals surface area contributed by atoms with Gasteiger partial charge in [-0.25, -0.2) is 0 Å². The third-order valence-electron chi connectivity index (χ3n) is 5.96. The average Bonchev–Trinajstić information content (AvgIpc) is 3.36. The van der Waals surface area contributed by atoms with Gasteiger partial charge < -0.3 is 0 Å². The minimum atomic E-state index is -0.442. The third-order valence-corrected chi connectivity index (χ3v) is 6.46. The van der Waals surface area contributed by atoms with Crippen LogP contribution in [0.15, 0.2) is 40.9 Å². The molecule has 1 N–H and O–H groups in total. The predicted octanol–water partition coefficient (Wildman–Crippen LogP) is 2.15. The first kappa shape index (κ1) is 14.4. The number of nitrogens with one attached hydrogen (secondary N) is 1. The molecule has 5 nitrogen and oxygen atoms in total. The Kier molecular flexibility index (Phi) is 2.87. The SMILES string of the molecule is O=C(NN1C(=O)[C@@H]2[C@H]3C=C[C@@H]([C@@H]4C[C@@H]34)[C@H]2C1=O)c1cccc(Br)c1. The summed E-state index contributed by atoms with van der Waals surface area (Å²) in [5.74, 6) is -0.0998. The Labute approximate surface area is 147 Å². The third kappa shape index (κ3) is 1.83. The largest absolute Gasteiger partial charge is 0.272 e. The number of nitrogens with zero attached hydrogens (tertiary/aromatic N) is 1. The highest BCUT2D eigenvalue weighted by Crippen LogP contribution is 2.65. The van der Waals surface area contributed by atoms with Crippen molar-refractivity contribution in [2.75, 3.05) is 0 Å². The van der Waals surface area contributed by atoms with E-state index in [0.717, 1.165) is 15.9 Å². The Morgan fingerprint density at radius 1 is 1.08 bits per heavy atom. The van der Waals surface area contributed by atoms with Gasteiger partial charge in [-0.3, -0.25) is 19.8 Å². The zero-order valence-electron chi connectivity index (χ0n) is 12.7. The number of rotatable bonds is 2. The standard InChI is InChI=1S/C18H15BrN2O3/c19-9-3-1-2-8(6-9)16(22)20-21-17(23)14-10-4-5-11(13-7-12(10)13)15(14)18(21)24/h1-6,10-15H,7H2,(H,20,22)/t10-,11-,12-,13-,14+,15+/m0/s1. The molecular formula is C18H15BrN2O3. The molecule has 122 valence electrons. The van der Waals surface area contributed by atoms with Crippen molar-refractivity contribution < 1.29 is 14.4 Å². The summed E-state index contributed by atoms with van der Waals surface area (Å²) in [4.78, 5) is 38.0. The van der Waals surface area contributed by atoms with E-state index in [0.29, 0.717) is 17.4 Å². The predicted molar refractivity (Wildman–Crippen MR) is 88.2 cm³/mol. The van der Waals surface area contributed by atoms with Gasteiger partial charge in [-0.05, 0) is 48.3 Å². The highest BCUT2D eigenvalue weighted by atomic mass is 79.9. The first-order chi connectivity index (χ1) is 11.6. The molecule has 0 radical (unpaired) electrons. The molecule has 5 aliphatic rings. The molecule has 0 aromatic heterocycles. The molecule has 6 heteroatoms. The Morgan fingerprint density at radius 3 is 2.29 bits per heavy atom. The van der Waals surface area contributed by atoms with Crippen LogP contribution in [-0.2, 0) is 9.59 Å². The molecular weight excluding hydrogens is 372 g/mol. The quantitative estimate of drug-likeness (QED) is 0.625. The van der Waals surface area contributed by atoms with Gasteiger partial charge >= 0.3 is 0 Å². The number of hydrogen-bond donors (Lipinski definition) is 1. The monoisotopic (exact) mass is 386 g/mol. The van der Waals surface area contributed by atoms with Gasteiger partial charge in [0.05, 0.1) is 11.8 Å². The normalized spacial score (nSPS) is 38.1. The van der Waals surface area contributed by atoms with Gasteiger partial charge in [0.25, 0.3) is 17.7 Å². The van der Waals surface area contributed by atoms with Crippen LogP contribution in [-0.4, -0.2) is 22.7 Å². The van der Waals surface area contributed by atoms with Gasteiger partial charge in [-0.1, -0.05) is 34.1 Å². The Morgan fingerprint density at radius 2 is 1.71 bits per heavy atom. The van der Waals surface area contributed by atoms with E-state index in [4.69, 9.17) is 0 Å². The van der Waals surface area contributed by atoms with Crippen molar-refractivity contribution in [1.29, 1.82) is 0 Å². The molecule has 4 aliphatic carbocycles. The first-order valence-corrected chi connectivity index (χ1v) is 8.98. The van der Waals surface area contributed by atoms with Gasteiger partial charge in [-0.2, -0.15) is 5.01 Å². The van der Waals surface area contributed by atoms with Crippen molar-refractivity contribution >= 4 is 33.7 Å². The fourth-order valence-corrected chi connectivity index (χ4v) is 5.26. The van der Waals surface area contributed by atoms with Crippen LogP contribution in [0.5, 0.6) is 0 Å². The topological polar surface area (TPSA) is 66.5 Å². The molecule has 1 aromatic carbocycles. The summed E-state index contributed by atoms with van der Waals surface area (Å²) in [6, 6.07) is 6.86. The van der Waals surface area contributed by atoms with Crippen molar-refractivity contribution in [3.63, 3.8) is 0 Å². The summed E-state index contributed by atoms with van der Waals surface area (Å²) in [7, 11) is 0. The van der Waals surface area contributed by atoms with E-state index in [-0.39, 0.29) is 35.5 Å². The second-order valence-electron chi connectivity index (χ2n) is 7.12. The van der Waals surface area contributed by atoms with E-state index >= 15 is 0 Å². The Balaban J connectivity index is 1.41. The lowest BCUT2D eigenvalue weighted by molar-refractivity contribution is -0.143. The zero-order valence-corrected chi connectivity index (χ0v) is 14.3. The molecule has 6 rings (SSSR count). The molecule has 6 atom stereocenters. The van der Waals surface area contributed by atoms with E-state index in [9.17, 15) is 14.4 Å². The summed E-state index contributed by atoms with van der Waals surface area (Å²) in [6.45, 7) is 0. The molecule has 24 heavy (non-hydrogen) atoms. The summed E-state index contributed by atoms with van der Waals surface area (Å²) in [6.07, 6.45) is 5.36. The number of allylic oxidation sites excluding steroid dienone is 2. The number of amides is 3. The van der Waals surface area contributed by atoms with Crippen molar-refractivity contribution in [2.45, 2.75) is 6.42 Å². The van der Waals surface area contributed by atoms with Crippen LogP contribution in [0.25, 0.3) is 0 Å². The van der Waals surface area contributed by atoms with Crippen LogP contribution in [0, 0.1) is 35.5 Å². The number of halogens is 1. The van der Waals surface area contributed by atoms with Gasteiger partial charge in [-0.15, -0.1) is 0 Å². The minimum absolute atomic E-state index is 0.161. The Hall–Kier alpha value is -1.95. The number of hydrazine groups is 1. The molecule has 1 aromatic rings. The van der Waals surface area contributed by atoms with Gasteiger partial charge in [0.2, 0.25) is 0 Å². The molecule has 3 fully saturated rings. The fraction of sp³-hybridized carbons (Fsp3) is 0.389. The van der Waals surface area contributed by atoms with Crippen LogP contribution in [0.4, 0.5) is 0 Å². The average molecular weight is 387 g/mol. The molecule has 0 unspecified atom stereocenters. The molecule has 1 heterocycles. The number of imide groups is 1. The maximum absolute atomic E-state index is 12.8. The lowest BCUT2D eigenvalue weighted by Crippen LogP contribution is -2.46. The van der Waals surface area contributed by atoms with E-state index in [1.165, 1.54) is 0 Å². The number of hydrogen-bond acceptors (Lipinski definition) is 3. The smallest absolute Gasteiger partial charge is 0.270 e. The zero-order chi connectivity index (χ0) is 16.6. The minimum Gasteiger partial charge on any atom is -0.272 e. The summed E-state index contributed by atoms with van der Waals surface area (Å²) in [5, 5.41) is 0.969. The second kappa shape index (κ2) is 4.79. The molecule has 2 saturated carbocycles. The second-order valence-corrected chi connectivity index (χ2v) is 8.03. The van der Waals surface area contributed by atoms with Crippen LogP contribution in [0.3, 0.4) is 0 Å². The van der Waals surface area contributed by atoms with Crippen molar-refractivity contribution in [3.05, 3.63) is 46.5 Å². The lowest BCUT2D eigenvalue weighted by atomic mass is 9.63. The summed E-state index contributed by atoms with van der Waals surface area (Å²) < 4.78 is 0.769. The molecule has 3 amide bonds. The number of benzene rings is 1. The number of carbonyl (C=O) groups excluding carboxylic acids is 3. The van der Waals surface area contributed by atoms with Gasteiger partial charge in [0.1, 0.15) is 0 Å². The van der Waals surface area contributed by atoms with Crippen LogP contribution in [0.2, 0.25) is 0 Å². The van der Waals surface area contributed by atoms with Crippen molar-refractivity contribution in [3.8, 4) is 0 Å². The van der Waals surface area contributed by atoms with Crippen molar-refractivity contribution in [1.82, 2.24) is 10.4 Å².